The molecule has 0 spiro atoms. The monoisotopic (exact) mass is 323 g/mol. The van der Waals surface area contributed by atoms with Gasteiger partial charge < -0.3 is 5.73 Å². The van der Waals surface area contributed by atoms with E-state index >= 15 is 0 Å². The van der Waals surface area contributed by atoms with Gasteiger partial charge in [-0.25, -0.2) is 0 Å². The molecule has 0 fully saturated rings. The Balaban J connectivity index is 3.00. The highest BCUT2D eigenvalue weighted by Crippen LogP contribution is 2.13. The highest BCUT2D eigenvalue weighted by atomic mass is 14.5. The smallest absolute Gasteiger partial charge is 0.00772 e. The summed E-state index contributed by atoms with van der Waals surface area (Å²) in [4.78, 5) is 0. The van der Waals surface area contributed by atoms with Crippen molar-refractivity contribution in [3.63, 3.8) is 0 Å². The maximum atomic E-state index is 5.48. The van der Waals surface area contributed by atoms with Gasteiger partial charge in [0.2, 0.25) is 0 Å². The summed E-state index contributed by atoms with van der Waals surface area (Å²) in [5.74, 6) is 0. The van der Waals surface area contributed by atoms with Crippen LogP contribution in [0.1, 0.15) is 122 Å². The SMILES string of the molecule is CCCCCCCCCCCCCCCCC=CCCCCN. The second-order valence-corrected chi connectivity index (χ2v) is 7.14. The first-order valence-corrected chi connectivity index (χ1v) is 10.8. The van der Waals surface area contributed by atoms with E-state index in [9.17, 15) is 0 Å². The molecule has 23 heavy (non-hydrogen) atoms. The van der Waals surface area contributed by atoms with Gasteiger partial charge in [-0.05, 0) is 38.6 Å². The van der Waals surface area contributed by atoms with Crippen molar-refractivity contribution >= 4 is 0 Å². The number of nitrogens with two attached hydrogens (primary N) is 1. The third-order valence-corrected chi connectivity index (χ3v) is 4.72. The van der Waals surface area contributed by atoms with Gasteiger partial charge in [0, 0.05) is 0 Å². The van der Waals surface area contributed by atoms with Crippen molar-refractivity contribution in [3.05, 3.63) is 12.2 Å². The van der Waals surface area contributed by atoms with Crippen LogP contribution in [0.15, 0.2) is 12.2 Å². The van der Waals surface area contributed by atoms with Crippen LogP contribution in [-0.2, 0) is 0 Å². The maximum absolute atomic E-state index is 5.48. The predicted molar refractivity (Wildman–Crippen MR) is 107 cm³/mol. The molecule has 0 aliphatic carbocycles. The third-order valence-electron chi connectivity index (χ3n) is 4.72. The molecule has 0 aliphatic rings. The number of allylic oxidation sites excluding steroid dienone is 2. The second kappa shape index (κ2) is 21.7. The molecular weight excluding hydrogens is 278 g/mol. The fourth-order valence-electron chi connectivity index (χ4n) is 3.10. The molecule has 0 aromatic rings. The Bertz CT molecular complexity index is 222. The zero-order valence-corrected chi connectivity index (χ0v) is 16.2. The van der Waals surface area contributed by atoms with E-state index in [2.05, 4.69) is 19.1 Å². The lowest BCUT2D eigenvalue weighted by atomic mass is 10.0. The van der Waals surface area contributed by atoms with Gasteiger partial charge in [-0.2, -0.15) is 0 Å². The summed E-state index contributed by atoms with van der Waals surface area (Å²) in [6.45, 7) is 3.13. The minimum atomic E-state index is 0.840. The molecule has 2 N–H and O–H groups in total. The van der Waals surface area contributed by atoms with Crippen LogP contribution in [0.3, 0.4) is 0 Å². The first kappa shape index (κ1) is 22.7. The molecule has 0 atom stereocenters. The topological polar surface area (TPSA) is 26.0 Å². The van der Waals surface area contributed by atoms with Crippen molar-refractivity contribution in [1.29, 1.82) is 0 Å². The summed E-state index contributed by atoms with van der Waals surface area (Å²) >= 11 is 0. The van der Waals surface area contributed by atoms with Gasteiger partial charge in [-0.3, -0.25) is 0 Å². The minimum Gasteiger partial charge on any atom is -0.330 e. The lowest BCUT2D eigenvalue weighted by Crippen LogP contribution is -1.96. The highest BCUT2D eigenvalue weighted by Gasteiger charge is 1.93. The third kappa shape index (κ3) is 21.7. The van der Waals surface area contributed by atoms with E-state index in [4.69, 9.17) is 5.73 Å². The van der Waals surface area contributed by atoms with Crippen molar-refractivity contribution in [1.82, 2.24) is 0 Å². The molecule has 138 valence electrons. The Morgan fingerprint density at radius 3 is 1.22 bits per heavy atom. The summed E-state index contributed by atoms with van der Waals surface area (Å²) in [7, 11) is 0. The van der Waals surface area contributed by atoms with Gasteiger partial charge in [0.25, 0.3) is 0 Å². The number of hydrogen-bond acceptors (Lipinski definition) is 1. The van der Waals surface area contributed by atoms with E-state index in [1.807, 2.05) is 0 Å². The first-order valence-electron chi connectivity index (χ1n) is 10.8. The van der Waals surface area contributed by atoms with Gasteiger partial charge in [0.15, 0.2) is 0 Å². The molecule has 0 bridgehead atoms. The van der Waals surface area contributed by atoms with Crippen LogP contribution in [0, 0.1) is 0 Å². The molecule has 0 aromatic heterocycles. The van der Waals surface area contributed by atoms with Crippen LogP contribution >= 0.6 is 0 Å². The van der Waals surface area contributed by atoms with Crippen LogP contribution in [0.4, 0.5) is 0 Å². The summed E-state index contributed by atoms with van der Waals surface area (Å²) in [5.41, 5.74) is 5.48. The van der Waals surface area contributed by atoms with Crippen LogP contribution in [0.5, 0.6) is 0 Å². The van der Waals surface area contributed by atoms with Crippen LogP contribution in [-0.4, -0.2) is 6.54 Å². The Morgan fingerprint density at radius 1 is 0.478 bits per heavy atom. The lowest BCUT2D eigenvalue weighted by Gasteiger charge is -2.02. The molecule has 1 nitrogen and oxygen atoms in total. The van der Waals surface area contributed by atoms with E-state index in [1.54, 1.807) is 0 Å². The number of hydrogen-bond donors (Lipinski definition) is 1. The zero-order valence-electron chi connectivity index (χ0n) is 16.2. The second-order valence-electron chi connectivity index (χ2n) is 7.14. The molecule has 0 amide bonds. The molecule has 0 aromatic carbocycles. The quantitative estimate of drug-likeness (QED) is 0.193. The average Bonchev–Trinajstić information content (AvgIpc) is 2.57. The highest BCUT2D eigenvalue weighted by molar-refractivity contribution is 4.81. The lowest BCUT2D eigenvalue weighted by molar-refractivity contribution is 0.536. The molecular formula is C22H45N. The molecule has 1 heteroatoms. The standard InChI is InChI=1S/C22H45N/c1-2-3-4-5-6-7-8-9-10-11-12-13-14-15-16-17-18-19-20-21-22-23/h17-18H,2-16,19-23H2,1H3. The zero-order chi connectivity index (χ0) is 16.8. The average molecular weight is 324 g/mol. The van der Waals surface area contributed by atoms with E-state index < -0.39 is 0 Å². The van der Waals surface area contributed by atoms with Crippen LogP contribution in [0.25, 0.3) is 0 Å². The van der Waals surface area contributed by atoms with Crippen LogP contribution < -0.4 is 5.73 Å². The maximum Gasteiger partial charge on any atom is -0.00772 e. The molecule has 0 unspecified atom stereocenters. The molecule has 0 heterocycles. The van der Waals surface area contributed by atoms with Gasteiger partial charge in [-0.15, -0.1) is 0 Å². The van der Waals surface area contributed by atoms with E-state index in [0.29, 0.717) is 0 Å². The number of unbranched alkanes of at least 4 members (excludes halogenated alkanes) is 16. The van der Waals surface area contributed by atoms with Crippen molar-refractivity contribution in [2.24, 2.45) is 5.73 Å². The molecule has 0 saturated heterocycles. The van der Waals surface area contributed by atoms with Crippen LogP contribution in [0.2, 0.25) is 0 Å². The Labute approximate surface area is 147 Å². The van der Waals surface area contributed by atoms with Gasteiger partial charge in [0.1, 0.15) is 0 Å². The Hall–Kier alpha value is -0.300. The first-order chi connectivity index (χ1) is 11.4. The van der Waals surface area contributed by atoms with E-state index in [1.165, 1.54) is 116 Å². The van der Waals surface area contributed by atoms with Gasteiger partial charge in [-0.1, -0.05) is 103 Å². The van der Waals surface area contributed by atoms with Crippen molar-refractivity contribution in [2.75, 3.05) is 6.54 Å². The van der Waals surface area contributed by atoms with Gasteiger partial charge >= 0.3 is 0 Å². The summed E-state index contributed by atoms with van der Waals surface area (Å²) in [6.07, 6.45) is 29.9. The van der Waals surface area contributed by atoms with Crippen molar-refractivity contribution < 1.29 is 0 Å². The van der Waals surface area contributed by atoms with E-state index in [-0.39, 0.29) is 0 Å². The molecule has 0 saturated carbocycles. The van der Waals surface area contributed by atoms with Crippen molar-refractivity contribution in [2.45, 2.75) is 122 Å². The summed E-state index contributed by atoms with van der Waals surface area (Å²) in [6, 6.07) is 0. The molecule has 0 aliphatic heterocycles. The fraction of sp³-hybridized carbons (Fsp3) is 0.909. The minimum absolute atomic E-state index is 0.840. The van der Waals surface area contributed by atoms with Gasteiger partial charge in [0.05, 0.1) is 0 Å². The Morgan fingerprint density at radius 2 is 0.826 bits per heavy atom. The van der Waals surface area contributed by atoms with Crippen molar-refractivity contribution in [3.8, 4) is 0 Å². The molecule has 0 radical (unpaired) electrons. The van der Waals surface area contributed by atoms with E-state index in [0.717, 1.165) is 6.54 Å². The number of rotatable bonds is 19. The fourth-order valence-corrected chi connectivity index (χ4v) is 3.10. The molecule has 0 rings (SSSR count). The normalized spacial score (nSPS) is 11.6. The Kier molecular flexibility index (Phi) is 21.4. The summed E-state index contributed by atoms with van der Waals surface area (Å²) < 4.78 is 0. The summed E-state index contributed by atoms with van der Waals surface area (Å²) in [5, 5.41) is 0. The predicted octanol–water partition coefficient (Wildman–Crippen LogP) is 7.54. The largest absolute Gasteiger partial charge is 0.330 e.